The summed E-state index contributed by atoms with van der Waals surface area (Å²) in [6, 6.07) is 2.65. The van der Waals surface area contributed by atoms with E-state index < -0.39 is 5.82 Å². The molecule has 0 bridgehead atoms. The number of aromatic hydroxyl groups is 1. The fraction of sp³-hybridized carbons (Fsp3) is 0.333. The maximum absolute atomic E-state index is 13.5. The van der Waals surface area contributed by atoms with Gasteiger partial charge in [-0.05, 0) is 12.1 Å². The van der Waals surface area contributed by atoms with Crippen molar-refractivity contribution in [2.75, 3.05) is 14.2 Å². The summed E-state index contributed by atoms with van der Waals surface area (Å²) in [5.41, 5.74) is 0.00866. The third-order valence-corrected chi connectivity index (χ3v) is 1.79. The van der Waals surface area contributed by atoms with Crippen molar-refractivity contribution in [3.05, 3.63) is 23.5 Å². The van der Waals surface area contributed by atoms with Crippen LogP contribution in [0.5, 0.6) is 11.5 Å². The van der Waals surface area contributed by atoms with E-state index in [0.717, 1.165) is 5.06 Å². The van der Waals surface area contributed by atoms with E-state index >= 15 is 0 Å². The fourth-order valence-electron chi connectivity index (χ4n) is 1.13. The maximum atomic E-state index is 13.5. The quantitative estimate of drug-likeness (QED) is 0.725. The van der Waals surface area contributed by atoms with Crippen molar-refractivity contribution < 1.29 is 19.4 Å². The standard InChI is InChI=1S/C9H12FNO3/c1-11(13)5-6-7(12)3-4-8(14-2)9(6)10/h3-4,12-13H,5H2,1-2H3. The molecule has 1 aromatic rings. The number of methoxy groups -OCH3 is 1. The number of ether oxygens (including phenoxy) is 1. The number of hydrogen-bond donors (Lipinski definition) is 2. The number of phenolic OH excluding ortho intramolecular Hbond substituents is 1. The lowest BCUT2D eigenvalue weighted by molar-refractivity contribution is -0.0743. The van der Waals surface area contributed by atoms with Crippen molar-refractivity contribution in [1.82, 2.24) is 5.06 Å². The molecule has 0 unspecified atom stereocenters. The summed E-state index contributed by atoms with van der Waals surface area (Å²) in [4.78, 5) is 0. The summed E-state index contributed by atoms with van der Waals surface area (Å²) in [5.74, 6) is -0.822. The van der Waals surface area contributed by atoms with Gasteiger partial charge in [0.2, 0.25) is 0 Å². The Labute approximate surface area is 81.1 Å². The number of rotatable bonds is 3. The molecule has 0 aliphatic rings. The van der Waals surface area contributed by atoms with Gasteiger partial charge in [0, 0.05) is 12.6 Å². The Kier molecular flexibility index (Phi) is 3.27. The summed E-state index contributed by atoms with van der Waals surface area (Å²) in [7, 11) is 2.69. The van der Waals surface area contributed by atoms with Crippen LogP contribution < -0.4 is 4.74 Å². The molecule has 0 atom stereocenters. The van der Waals surface area contributed by atoms with Gasteiger partial charge in [0.15, 0.2) is 11.6 Å². The highest BCUT2D eigenvalue weighted by molar-refractivity contribution is 5.40. The van der Waals surface area contributed by atoms with Gasteiger partial charge < -0.3 is 15.1 Å². The van der Waals surface area contributed by atoms with Crippen LogP contribution in [0.4, 0.5) is 4.39 Å². The van der Waals surface area contributed by atoms with Crippen molar-refractivity contribution in [2.45, 2.75) is 6.54 Å². The second-order valence-corrected chi connectivity index (χ2v) is 2.90. The van der Waals surface area contributed by atoms with Gasteiger partial charge in [-0.15, -0.1) is 0 Å². The molecule has 0 fully saturated rings. The van der Waals surface area contributed by atoms with Gasteiger partial charge in [-0.1, -0.05) is 0 Å². The lowest BCUT2D eigenvalue weighted by Gasteiger charge is -2.12. The molecule has 0 saturated carbocycles. The van der Waals surface area contributed by atoms with Crippen molar-refractivity contribution >= 4 is 0 Å². The first-order valence-electron chi connectivity index (χ1n) is 4.00. The third kappa shape index (κ3) is 2.12. The number of hydrogen-bond acceptors (Lipinski definition) is 4. The Morgan fingerprint density at radius 3 is 2.64 bits per heavy atom. The van der Waals surface area contributed by atoms with Crippen LogP contribution in [-0.2, 0) is 6.54 Å². The summed E-state index contributed by atoms with van der Waals surface area (Å²) in [5, 5.41) is 19.0. The third-order valence-electron chi connectivity index (χ3n) is 1.79. The minimum absolute atomic E-state index is 0.00866. The zero-order chi connectivity index (χ0) is 10.7. The normalized spacial score (nSPS) is 10.6. The molecule has 0 aliphatic carbocycles. The van der Waals surface area contributed by atoms with E-state index in [4.69, 9.17) is 9.94 Å². The van der Waals surface area contributed by atoms with Gasteiger partial charge in [0.1, 0.15) is 5.75 Å². The van der Waals surface area contributed by atoms with Gasteiger partial charge in [-0.3, -0.25) is 0 Å². The van der Waals surface area contributed by atoms with Crippen LogP contribution in [-0.4, -0.2) is 29.5 Å². The molecule has 2 N–H and O–H groups in total. The van der Waals surface area contributed by atoms with E-state index in [0.29, 0.717) is 0 Å². The minimum Gasteiger partial charge on any atom is -0.508 e. The van der Waals surface area contributed by atoms with Crippen LogP contribution in [0, 0.1) is 5.82 Å². The smallest absolute Gasteiger partial charge is 0.173 e. The molecule has 5 heteroatoms. The maximum Gasteiger partial charge on any atom is 0.173 e. The predicted molar refractivity (Wildman–Crippen MR) is 47.9 cm³/mol. The molecule has 0 spiro atoms. The average Bonchev–Trinajstić information content (AvgIpc) is 2.12. The van der Waals surface area contributed by atoms with Gasteiger partial charge >= 0.3 is 0 Å². The molecule has 78 valence electrons. The Balaban J connectivity index is 3.11. The van der Waals surface area contributed by atoms with Crippen molar-refractivity contribution in [3.63, 3.8) is 0 Å². The first-order valence-corrected chi connectivity index (χ1v) is 4.00. The Bertz CT molecular complexity index is 328. The SMILES string of the molecule is COc1ccc(O)c(CN(C)O)c1F. The Morgan fingerprint density at radius 2 is 2.14 bits per heavy atom. The van der Waals surface area contributed by atoms with Gasteiger partial charge in [0.25, 0.3) is 0 Å². The van der Waals surface area contributed by atoms with Crippen LogP contribution >= 0.6 is 0 Å². The van der Waals surface area contributed by atoms with Crippen molar-refractivity contribution in [1.29, 1.82) is 0 Å². The van der Waals surface area contributed by atoms with E-state index in [2.05, 4.69) is 0 Å². The van der Waals surface area contributed by atoms with Crippen molar-refractivity contribution in [3.8, 4) is 11.5 Å². The van der Waals surface area contributed by atoms with Crippen LogP contribution in [0.15, 0.2) is 12.1 Å². The molecule has 0 aliphatic heterocycles. The summed E-state index contributed by atoms with van der Waals surface area (Å²) in [6.45, 7) is -0.102. The first-order chi connectivity index (χ1) is 6.56. The zero-order valence-electron chi connectivity index (χ0n) is 7.99. The van der Waals surface area contributed by atoms with Gasteiger partial charge in [0.05, 0.1) is 13.7 Å². The summed E-state index contributed by atoms with van der Waals surface area (Å²) < 4.78 is 18.2. The molecule has 14 heavy (non-hydrogen) atoms. The molecule has 4 nitrogen and oxygen atoms in total. The number of hydroxylamine groups is 2. The fourth-order valence-corrected chi connectivity index (χ4v) is 1.13. The van der Waals surface area contributed by atoms with Crippen LogP contribution in [0.25, 0.3) is 0 Å². The molecule has 1 rings (SSSR count). The largest absolute Gasteiger partial charge is 0.508 e. The molecular formula is C9H12FNO3. The Hall–Kier alpha value is -1.33. The van der Waals surface area contributed by atoms with Crippen LogP contribution in [0.1, 0.15) is 5.56 Å². The molecule has 1 aromatic carbocycles. The zero-order valence-corrected chi connectivity index (χ0v) is 7.99. The number of phenols is 1. The van der Waals surface area contributed by atoms with E-state index in [1.165, 1.54) is 26.3 Å². The van der Waals surface area contributed by atoms with E-state index in [-0.39, 0.29) is 23.6 Å². The lowest BCUT2D eigenvalue weighted by Crippen LogP contribution is -2.13. The topological polar surface area (TPSA) is 52.9 Å². The molecule has 0 amide bonds. The van der Waals surface area contributed by atoms with Crippen LogP contribution in [0.3, 0.4) is 0 Å². The van der Waals surface area contributed by atoms with E-state index in [9.17, 15) is 9.50 Å². The predicted octanol–water partition coefficient (Wildman–Crippen LogP) is 1.36. The Morgan fingerprint density at radius 1 is 1.50 bits per heavy atom. The number of benzene rings is 1. The van der Waals surface area contributed by atoms with E-state index in [1.807, 2.05) is 0 Å². The lowest BCUT2D eigenvalue weighted by atomic mass is 10.1. The van der Waals surface area contributed by atoms with Crippen molar-refractivity contribution in [2.24, 2.45) is 0 Å². The highest BCUT2D eigenvalue weighted by Crippen LogP contribution is 2.28. The number of nitrogens with zero attached hydrogens (tertiary/aromatic N) is 1. The average molecular weight is 201 g/mol. The first kappa shape index (κ1) is 10.7. The molecule has 0 aromatic heterocycles. The van der Waals surface area contributed by atoms with E-state index in [1.54, 1.807) is 0 Å². The molecular weight excluding hydrogens is 189 g/mol. The summed E-state index contributed by atoms with van der Waals surface area (Å²) in [6.07, 6.45) is 0. The second-order valence-electron chi connectivity index (χ2n) is 2.90. The second kappa shape index (κ2) is 4.26. The minimum atomic E-state index is -0.659. The van der Waals surface area contributed by atoms with Gasteiger partial charge in [-0.2, -0.15) is 5.06 Å². The monoisotopic (exact) mass is 201 g/mol. The highest BCUT2D eigenvalue weighted by Gasteiger charge is 2.14. The number of halogens is 1. The van der Waals surface area contributed by atoms with Gasteiger partial charge in [-0.25, -0.2) is 4.39 Å². The highest BCUT2D eigenvalue weighted by atomic mass is 19.1. The van der Waals surface area contributed by atoms with Crippen LogP contribution in [0.2, 0.25) is 0 Å². The molecule has 0 heterocycles. The molecule has 0 saturated heterocycles. The molecule has 0 radical (unpaired) electrons. The summed E-state index contributed by atoms with van der Waals surface area (Å²) >= 11 is 0.